The van der Waals surface area contributed by atoms with Crippen molar-refractivity contribution in [2.45, 2.75) is 17.3 Å². The number of hydrogen-bond donors (Lipinski definition) is 1. The minimum Gasteiger partial charge on any atom is -0.315 e. The average molecular weight is 339 g/mol. The molecule has 0 saturated heterocycles. The third-order valence-corrected chi connectivity index (χ3v) is 4.47. The van der Waals surface area contributed by atoms with E-state index < -0.39 is 0 Å². The molecule has 0 aliphatic heterocycles. The maximum absolute atomic E-state index is 12.6. The summed E-state index contributed by atoms with van der Waals surface area (Å²) in [5.41, 5.74) is 1.77. The maximum Gasteiger partial charge on any atom is 0.240 e. The molecule has 0 saturated carbocycles. The number of hydrogen-bond acceptors (Lipinski definition) is 5. The second-order valence-electron chi connectivity index (χ2n) is 5.20. The lowest BCUT2D eigenvalue weighted by Gasteiger charge is -2.20. The molecular formula is C17H17N5OS. The molecule has 122 valence electrons. The quantitative estimate of drug-likeness (QED) is 0.723. The number of H-pyrrole nitrogens is 1. The highest BCUT2D eigenvalue weighted by Crippen LogP contribution is 2.24. The molecule has 0 unspecified atom stereocenters. The minimum absolute atomic E-state index is 0.00135. The van der Waals surface area contributed by atoms with Gasteiger partial charge in [0, 0.05) is 30.7 Å². The first kappa shape index (κ1) is 16.2. The van der Waals surface area contributed by atoms with Gasteiger partial charge in [0.1, 0.15) is 0 Å². The summed E-state index contributed by atoms with van der Waals surface area (Å²) in [6, 6.07) is 13.3. The normalized spacial score (nSPS) is 11.9. The largest absolute Gasteiger partial charge is 0.315 e. The Bertz CT molecular complexity index is 806. The van der Waals surface area contributed by atoms with Crippen molar-refractivity contribution in [1.29, 1.82) is 0 Å². The zero-order valence-electron chi connectivity index (χ0n) is 13.4. The maximum atomic E-state index is 12.6. The Morgan fingerprint density at radius 3 is 2.58 bits per heavy atom. The molecule has 1 N–H and O–H groups in total. The number of aromatic amines is 1. The van der Waals surface area contributed by atoms with E-state index in [0.717, 1.165) is 11.3 Å². The lowest BCUT2D eigenvalue weighted by molar-refractivity contribution is -0.117. The van der Waals surface area contributed by atoms with Gasteiger partial charge in [0.25, 0.3) is 0 Å². The van der Waals surface area contributed by atoms with Crippen molar-refractivity contribution in [2.24, 2.45) is 0 Å². The molecule has 0 spiro atoms. The van der Waals surface area contributed by atoms with Gasteiger partial charge in [0.15, 0.2) is 5.82 Å². The van der Waals surface area contributed by atoms with Crippen LogP contribution in [0.4, 0.5) is 5.69 Å². The van der Waals surface area contributed by atoms with Crippen LogP contribution in [-0.2, 0) is 4.79 Å². The Morgan fingerprint density at radius 2 is 1.88 bits per heavy atom. The van der Waals surface area contributed by atoms with Crippen molar-refractivity contribution in [3.05, 3.63) is 54.9 Å². The molecule has 24 heavy (non-hydrogen) atoms. The van der Waals surface area contributed by atoms with Gasteiger partial charge in [0.2, 0.25) is 11.1 Å². The highest BCUT2D eigenvalue weighted by molar-refractivity contribution is 8.00. The molecule has 0 aliphatic carbocycles. The number of pyridine rings is 1. The van der Waals surface area contributed by atoms with Gasteiger partial charge in [-0.05, 0) is 31.2 Å². The minimum atomic E-state index is -0.295. The van der Waals surface area contributed by atoms with Gasteiger partial charge in [-0.25, -0.2) is 4.98 Å². The van der Waals surface area contributed by atoms with E-state index in [2.05, 4.69) is 20.2 Å². The number of nitrogens with zero attached hydrogens (tertiary/aromatic N) is 4. The Hall–Kier alpha value is -2.67. The number of amides is 1. The van der Waals surface area contributed by atoms with Crippen LogP contribution in [-0.4, -0.2) is 38.4 Å². The van der Waals surface area contributed by atoms with Crippen LogP contribution in [0, 0.1) is 0 Å². The first-order valence-electron chi connectivity index (χ1n) is 7.47. The van der Waals surface area contributed by atoms with E-state index >= 15 is 0 Å². The molecule has 6 nitrogen and oxygen atoms in total. The molecule has 0 radical (unpaired) electrons. The Morgan fingerprint density at radius 1 is 1.17 bits per heavy atom. The fourth-order valence-electron chi connectivity index (χ4n) is 2.20. The fourth-order valence-corrected chi connectivity index (χ4v) is 3.02. The van der Waals surface area contributed by atoms with E-state index in [1.807, 2.05) is 49.4 Å². The predicted molar refractivity (Wildman–Crippen MR) is 94.8 cm³/mol. The second kappa shape index (κ2) is 7.27. The summed E-state index contributed by atoms with van der Waals surface area (Å²) in [4.78, 5) is 22.6. The summed E-state index contributed by atoms with van der Waals surface area (Å²) in [6.45, 7) is 1.86. The van der Waals surface area contributed by atoms with Gasteiger partial charge < -0.3 is 4.90 Å². The molecule has 2 heterocycles. The van der Waals surface area contributed by atoms with Crippen molar-refractivity contribution >= 4 is 23.4 Å². The van der Waals surface area contributed by atoms with Gasteiger partial charge in [-0.3, -0.25) is 14.9 Å². The summed E-state index contributed by atoms with van der Waals surface area (Å²) in [5, 5.41) is 7.33. The SMILES string of the molecule is C[C@H](Sc1n[nH]c(-c2ccncc2)n1)C(=O)N(C)c1ccccc1. The predicted octanol–water partition coefficient (Wildman–Crippen LogP) is 3.01. The molecule has 1 atom stereocenters. The molecule has 3 aromatic rings. The number of benzene rings is 1. The number of para-hydroxylation sites is 1. The first-order chi connectivity index (χ1) is 11.6. The van der Waals surface area contributed by atoms with Crippen molar-refractivity contribution in [1.82, 2.24) is 20.2 Å². The van der Waals surface area contributed by atoms with E-state index in [4.69, 9.17) is 0 Å². The zero-order chi connectivity index (χ0) is 16.9. The topological polar surface area (TPSA) is 74.8 Å². The third kappa shape index (κ3) is 3.62. The molecule has 0 aliphatic rings. The van der Waals surface area contributed by atoms with E-state index in [9.17, 15) is 4.79 Å². The van der Waals surface area contributed by atoms with Crippen LogP contribution in [0.5, 0.6) is 0 Å². The molecule has 1 amide bonds. The molecule has 0 bridgehead atoms. The van der Waals surface area contributed by atoms with Crippen LogP contribution < -0.4 is 4.90 Å². The van der Waals surface area contributed by atoms with Crippen molar-refractivity contribution in [3.8, 4) is 11.4 Å². The summed E-state index contributed by atoms with van der Waals surface area (Å²) < 4.78 is 0. The second-order valence-corrected chi connectivity index (χ2v) is 6.50. The summed E-state index contributed by atoms with van der Waals surface area (Å²) in [7, 11) is 1.77. The number of carbonyl (C=O) groups is 1. The molecule has 1 aromatic carbocycles. The Labute approximate surface area is 144 Å². The van der Waals surface area contributed by atoms with Crippen molar-refractivity contribution < 1.29 is 4.79 Å². The van der Waals surface area contributed by atoms with E-state index in [-0.39, 0.29) is 11.2 Å². The van der Waals surface area contributed by atoms with Crippen LogP contribution in [0.3, 0.4) is 0 Å². The highest BCUT2D eigenvalue weighted by Gasteiger charge is 2.21. The zero-order valence-corrected chi connectivity index (χ0v) is 14.2. The van der Waals surface area contributed by atoms with Crippen LogP contribution in [0.2, 0.25) is 0 Å². The first-order valence-corrected chi connectivity index (χ1v) is 8.35. The van der Waals surface area contributed by atoms with Gasteiger partial charge >= 0.3 is 0 Å². The van der Waals surface area contributed by atoms with E-state index in [1.165, 1.54) is 11.8 Å². The monoisotopic (exact) mass is 339 g/mol. The number of nitrogens with one attached hydrogen (secondary N) is 1. The fraction of sp³-hybridized carbons (Fsp3) is 0.176. The Kier molecular flexibility index (Phi) is 4.90. The average Bonchev–Trinajstić information content (AvgIpc) is 3.10. The molecule has 7 heteroatoms. The lowest BCUT2D eigenvalue weighted by atomic mass is 10.3. The molecule has 3 rings (SSSR count). The van der Waals surface area contributed by atoms with Gasteiger partial charge in [0.05, 0.1) is 5.25 Å². The van der Waals surface area contributed by atoms with Gasteiger partial charge in [-0.2, -0.15) is 0 Å². The molecule has 2 aromatic heterocycles. The number of thioether (sulfide) groups is 1. The van der Waals surface area contributed by atoms with E-state index in [0.29, 0.717) is 11.0 Å². The summed E-state index contributed by atoms with van der Waals surface area (Å²) >= 11 is 1.33. The number of carbonyl (C=O) groups excluding carboxylic acids is 1. The number of anilines is 1. The van der Waals surface area contributed by atoms with Crippen LogP contribution >= 0.6 is 11.8 Å². The number of rotatable bonds is 5. The molecular weight excluding hydrogens is 322 g/mol. The summed E-state index contributed by atoms with van der Waals surface area (Å²) in [5.74, 6) is 0.664. The number of aromatic nitrogens is 4. The standard InChI is InChI=1S/C17H17N5OS/c1-12(16(23)22(2)14-6-4-3-5-7-14)24-17-19-15(20-21-17)13-8-10-18-11-9-13/h3-12H,1-2H3,(H,19,20,21)/t12-/m0/s1. The summed E-state index contributed by atoms with van der Waals surface area (Å²) in [6.07, 6.45) is 3.40. The van der Waals surface area contributed by atoms with Crippen LogP contribution in [0.25, 0.3) is 11.4 Å². The van der Waals surface area contributed by atoms with Crippen molar-refractivity contribution in [3.63, 3.8) is 0 Å². The van der Waals surface area contributed by atoms with Gasteiger partial charge in [-0.15, -0.1) is 5.10 Å². The van der Waals surface area contributed by atoms with Crippen LogP contribution in [0.15, 0.2) is 60.0 Å². The smallest absolute Gasteiger partial charge is 0.240 e. The highest BCUT2D eigenvalue weighted by atomic mass is 32.2. The Balaban J connectivity index is 1.68. The van der Waals surface area contributed by atoms with E-state index in [1.54, 1.807) is 24.3 Å². The third-order valence-electron chi connectivity index (χ3n) is 3.52. The van der Waals surface area contributed by atoms with Gasteiger partial charge in [-0.1, -0.05) is 30.0 Å². The molecule has 0 fully saturated rings. The van der Waals surface area contributed by atoms with Crippen molar-refractivity contribution in [2.75, 3.05) is 11.9 Å². The lowest BCUT2D eigenvalue weighted by Crippen LogP contribution is -2.33. The van der Waals surface area contributed by atoms with Crippen LogP contribution in [0.1, 0.15) is 6.92 Å².